The summed E-state index contributed by atoms with van der Waals surface area (Å²) >= 11 is 13.2. The Bertz CT molecular complexity index is 1040. The average molecular weight is 415 g/mol. The van der Waals surface area contributed by atoms with Gasteiger partial charge >= 0.3 is 0 Å². The van der Waals surface area contributed by atoms with Gasteiger partial charge in [-0.1, -0.05) is 41.0 Å². The van der Waals surface area contributed by atoms with Crippen molar-refractivity contribution in [2.45, 2.75) is 9.99 Å². The predicted molar refractivity (Wildman–Crippen MR) is 108 cm³/mol. The molecule has 1 amide bonds. The summed E-state index contributed by atoms with van der Waals surface area (Å²) in [6.07, 6.45) is 1.39. The Labute approximate surface area is 170 Å². The van der Waals surface area contributed by atoms with E-state index in [9.17, 15) is 10.1 Å². The second-order valence-corrected chi connectivity index (χ2v) is 7.30. The van der Waals surface area contributed by atoms with Gasteiger partial charge in [-0.3, -0.25) is 4.79 Å². The number of carbonyl (C=O) groups excluding carboxylic acids is 1. The van der Waals surface area contributed by atoms with Gasteiger partial charge in [0.1, 0.15) is 17.4 Å². The van der Waals surface area contributed by atoms with E-state index in [-0.39, 0.29) is 5.57 Å². The lowest BCUT2D eigenvalue weighted by molar-refractivity contribution is -0.112. The Morgan fingerprint density at radius 2 is 1.85 bits per heavy atom. The molecule has 0 atom stereocenters. The van der Waals surface area contributed by atoms with Gasteiger partial charge in [0.05, 0.1) is 0 Å². The maximum Gasteiger partial charge on any atom is 0.266 e. The van der Waals surface area contributed by atoms with Gasteiger partial charge in [0.2, 0.25) is 0 Å². The standard InChI is InChI=1S/C20H12Cl2N2O2S/c21-14-4-7-18(8-5-14)27-19-9-6-17(26-19)10-13(12-23)20(25)24-16-3-1-2-15(22)11-16/h1-11H,(H,24,25)/b13-10+. The number of hydrogen-bond donors (Lipinski definition) is 1. The summed E-state index contributed by atoms with van der Waals surface area (Å²) < 4.78 is 5.67. The maximum absolute atomic E-state index is 12.3. The number of halogens is 2. The number of nitrogens with zero attached hydrogens (tertiary/aromatic N) is 1. The number of rotatable bonds is 5. The Morgan fingerprint density at radius 3 is 2.56 bits per heavy atom. The van der Waals surface area contributed by atoms with Gasteiger partial charge in [-0.25, -0.2) is 0 Å². The summed E-state index contributed by atoms with van der Waals surface area (Å²) in [5.41, 5.74) is 0.430. The molecule has 0 radical (unpaired) electrons. The molecule has 0 unspecified atom stereocenters. The Morgan fingerprint density at radius 1 is 1.07 bits per heavy atom. The molecule has 0 saturated carbocycles. The van der Waals surface area contributed by atoms with E-state index >= 15 is 0 Å². The normalized spacial score (nSPS) is 11.1. The van der Waals surface area contributed by atoms with Gasteiger partial charge in [-0.15, -0.1) is 0 Å². The molecule has 1 heterocycles. The molecule has 0 spiro atoms. The number of amides is 1. The van der Waals surface area contributed by atoms with Crippen molar-refractivity contribution in [1.29, 1.82) is 5.26 Å². The summed E-state index contributed by atoms with van der Waals surface area (Å²) in [7, 11) is 0. The molecule has 27 heavy (non-hydrogen) atoms. The van der Waals surface area contributed by atoms with Crippen LogP contribution < -0.4 is 5.32 Å². The molecule has 3 rings (SSSR count). The fourth-order valence-electron chi connectivity index (χ4n) is 2.14. The van der Waals surface area contributed by atoms with Crippen molar-refractivity contribution >= 4 is 52.6 Å². The van der Waals surface area contributed by atoms with Crippen molar-refractivity contribution in [3.63, 3.8) is 0 Å². The summed E-state index contributed by atoms with van der Waals surface area (Å²) in [6, 6.07) is 19.4. The average Bonchev–Trinajstić information content (AvgIpc) is 3.08. The van der Waals surface area contributed by atoms with Crippen LogP contribution in [-0.4, -0.2) is 5.91 Å². The molecule has 0 fully saturated rings. The van der Waals surface area contributed by atoms with E-state index in [1.54, 1.807) is 48.5 Å². The molecule has 2 aromatic carbocycles. The number of benzene rings is 2. The lowest BCUT2D eigenvalue weighted by Gasteiger charge is -2.04. The molecule has 0 bridgehead atoms. The summed E-state index contributed by atoms with van der Waals surface area (Å²) in [5, 5.41) is 13.7. The van der Waals surface area contributed by atoms with Crippen molar-refractivity contribution in [1.82, 2.24) is 0 Å². The van der Waals surface area contributed by atoms with E-state index in [0.29, 0.717) is 26.6 Å². The molecule has 134 valence electrons. The van der Waals surface area contributed by atoms with Crippen LogP contribution in [-0.2, 0) is 4.79 Å². The first-order valence-corrected chi connectivity index (χ1v) is 9.33. The van der Waals surface area contributed by atoms with Crippen LogP contribution in [0.15, 0.2) is 80.6 Å². The van der Waals surface area contributed by atoms with Crippen LogP contribution in [0.25, 0.3) is 6.08 Å². The highest BCUT2D eigenvalue weighted by Crippen LogP contribution is 2.30. The van der Waals surface area contributed by atoms with E-state index in [0.717, 1.165) is 4.90 Å². The number of nitriles is 1. The van der Waals surface area contributed by atoms with Crippen LogP contribution >= 0.6 is 35.0 Å². The lowest BCUT2D eigenvalue weighted by Crippen LogP contribution is -2.13. The summed E-state index contributed by atoms with van der Waals surface area (Å²) in [4.78, 5) is 13.2. The summed E-state index contributed by atoms with van der Waals surface area (Å²) in [6.45, 7) is 0. The predicted octanol–water partition coefficient (Wildman–Crippen LogP) is 6.28. The Kier molecular flexibility index (Phi) is 6.25. The monoisotopic (exact) mass is 414 g/mol. The molecule has 3 aromatic rings. The minimum Gasteiger partial charge on any atom is -0.450 e. The first kappa shape index (κ1) is 19.1. The minimum atomic E-state index is -0.539. The van der Waals surface area contributed by atoms with Crippen LogP contribution in [0, 0.1) is 11.3 Å². The Balaban J connectivity index is 1.72. The molecule has 7 heteroatoms. The zero-order chi connectivity index (χ0) is 19.2. The first-order chi connectivity index (χ1) is 13.0. The van der Waals surface area contributed by atoms with Crippen LogP contribution in [0.5, 0.6) is 0 Å². The zero-order valence-corrected chi connectivity index (χ0v) is 16.1. The highest BCUT2D eigenvalue weighted by atomic mass is 35.5. The highest BCUT2D eigenvalue weighted by molar-refractivity contribution is 7.99. The van der Waals surface area contributed by atoms with Crippen molar-refractivity contribution in [3.8, 4) is 6.07 Å². The number of furan rings is 1. The molecule has 0 aliphatic heterocycles. The lowest BCUT2D eigenvalue weighted by atomic mass is 10.2. The van der Waals surface area contributed by atoms with Crippen LogP contribution in [0.4, 0.5) is 5.69 Å². The van der Waals surface area contributed by atoms with E-state index < -0.39 is 5.91 Å². The van der Waals surface area contributed by atoms with E-state index in [1.165, 1.54) is 17.8 Å². The van der Waals surface area contributed by atoms with Crippen molar-refractivity contribution in [2.24, 2.45) is 0 Å². The van der Waals surface area contributed by atoms with E-state index in [1.807, 2.05) is 18.2 Å². The highest BCUT2D eigenvalue weighted by Gasteiger charge is 2.11. The fraction of sp³-hybridized carbons (Fsp3) is 0. The van der Waals surface area contributed by atoms with Gasteiger partial charge in [0.15, 0.2) is 5.09 Å². The molecule has 1 aromatic heterocycles. The first-order valence-electron chi connectivity index (χ1n) is 7.75. The van der Waals surface area contributed by atoms with Gasteiger partial charge < -0.3 is 9.73 Å². The van der Waals surface area contributed by atoms with Gasteiger partial charge in [-0.2, -0.15) is 5.26 Å². The molecule has 4 nitrogen and oxygen atoms in total. The summed E-state index contributed by atoms with van der Waals surface area (Å²) in [5.74, 6) is -0.132. The SMILES string of the molecule is N#C/C(=C\c1ccc(Sc2ccc(Cl)cc2)o1)C(=O)Nc1cccc(Cl)c1. The van der Waals surface area contributed by atoms with Crippen LogP contribution in [0.1, 0.15) is 5.76 Å². The van der Waals surface area contributed by atoms with E-state index in [4.69, 9.17) is 27.6 Å². The third kappa shape index (κ3) is 5.41. The topological polar surface area (TPSA) is 66.0 Å². The second-order valence-electron chi connectivity index (χ2n) is 5.35. The molecular formula is C20H12Cl2N2O2S. The smallest absolute Gasteiger partial charge is 0.266 e. The molecule has 1 N–H and O–H groups in total. The molecule has 0 aliphatic rings. The maximum atomic E-state index is 12.3. The third-order valence-electron chi connectivity index (χ3n) is 3.37. The van der Waals surface area contributed by atoms with Crippen molar-refractivity contribution in [2.75, 3.05) is 5.32 Å². The number of hydrogen-bond acceptors (Lipinski definition) is 4. The molecule has 0 saturated heterocycles. The van der Waals surface area contributed by atoms with E-state index in [2.05, 4.69) is 5.32 Å². The van der Waals surface area contributed by atoms with Gasteiger partial charge in [0.25, 0.3) is 5.91 Å². The Hall–Kier alpha value is -2.65. The quantitative estimate of drug-likeness (QED) is 0.393. The van der Waals surface area contributed by atoms with Crippen LogP contribution in [0.2, 0.25) is 10.0 Å². The largest absolute Gasteiger partial charge is 0.450 e. The second kappa shape index (κ2) is 8.83. The molecule has 0 aliphatic carbocycles. The van der Waals surface area contributed by atoms with Crippen LogP contribution in [0.3, 0.4) is 0 Å². The van der Waals surface area contributed by atoms with Gasteiger partial charge in [0, 0.05) is 26.7 Å². The van der Waals surface area contributed by atoms with Crippen molar-refractivity contribution in [3.05, 3.63) is 82.0 Å². The third-order valence-corrected chi connectivity index (χ3v) is 4.78. The number of carbonyl (C=O) groups is 1. The molecular weight excluding hydrogens is 403 g/mol. The number of anilines is 1. The fourth-order valence-corrected chi connectivity index (χ4v) is 3.24. The minimum absolute atomic E-state index is 0.0765. The zero-order valence-electron chi connectivity index (χ0n) is 13.8. The van der Waals surface area contributed by atoms with Crippen molar-refractivity contribution < 1.29 is 9.21 Å². The van der Waals surface area contributed by atoms with Gasteiger partial charge in [-0.05, 0) is 54.6 Å². The number of nitrogens with one attached hydrogen (secondary N) is 1.